The van der Waals surface area contributed by atoms with E-state index in [2.05, 4.69) is 28.6 Å². The molecule has 4 rings (SSSR count). The Labute approximate surface area is 229 Å². The van der Waals surface area contributed by atoms with Crippen molar-refractivity contribution < 1.29 is 14.3 Å². The summed E-state index contributed by atoms with van der Waals surface area (Å²) < 4.78 is 13.9. The Morgan fingerprint density at radius 3 is 2.61 bits per heavy atom. The van der Waals surface area contributed by atoms with Gasteiger partial charge in [0.2, 0.25) is 0 Å². The minimum Gasteiger partial charge on any atom is -0.493 e. The topological polar surface area (TPSA) is 65.4 Å². The highest BCUT2D eigenvalue weighted by atomic mass is 35.5. The van der Waals surface area contributed by atoms with Gasteiger partial charge >= 0.3 is 0 Å². The Balaban J connectivity index is 1.23. The number of aryl methyl sites for hydroxylation is 2. The van der Waals surface area contributed by atoms with Crippen molar-refractivity contribution in [1.29, 1.82) is 0 Å². The largest absolute Gasteiger partial charge is 0.493 e. The Kier molecular flexibility index (Phi) is 10.2. The lowest BCUT2D eigenvalue weighted by Gasteiger charge is -2.12. The monoisotopic (exact) mass is 531 g/mol. The van der Waals surface area contributed by atoms with Crippen molar-refractivity contribution in [2.24, 2.45) is 0 Å². The molecule has 0 bridgehead atoms. The van der Waals surface area contributed by atoms with E-state index in [9.17, 15) is 4.79 Å². The smallest absolute Gasteiger partial charge is 0.257 e. The molecule has 0 aliphatic heterocycles. The summed E-state index contributed by atoms with van der Waals surface area (Å²) in [5.41, 5.74) is 3.30. The third kappa shape index (κ3) is 7.86. The van der Waals surface area contributed by atoms with Crippen LogP contribution >= 0.6 is 11.6 Å². The molecule has 1 heterocycles. The molecule has 0 saturated carbocycles. The first-order chi connectivity index (χ1) is 18.6. The van der Waals surface area contributed by atoms with Gasteiger partial charge in [-0.15, -0.1) is 6.58 Å². The average molecular weight is 532 g/mol. The number of unbranched alkanes of at least 4 members (excludes halogenated alkanes) is 1. The SMILES string of the molecule is C=CCc1ccccc1OCCCCn1c(CCCNC(=O)COc2ccc(Cl)cc2)nc2ccccc21. The number of carbonyl (C=O) groups is 1. The number of halogens is 1. The van der Waals surface area contributed by atoms with E-state index < -0.39 is 0 Å². The molecule has 1 N–H and O–H groups in total. The van der Waals surface area contributed by atoms with Gasteiger partial charge in [-0.3, -0.25) is 4.79 Å². The molecule has 0 radical (unpaired) electrons. The average Bonchev–Trinajstić information content (AvgIpc) is 3.29. The second kappa shape index (κ2) is 14.2. The molecule has 1 aromatic heterocycles. The zero-order chi connectivity index (χ0) is 26.6. The molecule has 7 heteroatoms. The van der Waals surface area contributed by atoms with E-state index in [1.165, 1.54) is 0 Å². The number of ether oxygens (including phenoxy) is 2. The van der Waals surface area contributed by atoms with E-state index in [-0.39, 0.29) is 12.5 Å². The second-order valence-corrected chi connectivity index (χ2v) is 9.46. The highest BCUT2D eigenvalue weighted by Crippen LogP contribution is 2.21. The van der Waals surface area contributed by atoms with Gasteiger partial charge in [0.25, 0.3) is 5.91 Å². The van der Waals surface area contributed by atoms with Crippen molar-refractivity contribution in [3.63, 3.8) is 0 Å². The predicted octanol–water partition coefficient (Wildman–Crippen LogP) is 6.41. The molecule has 1 amide bonds. The van der Waals surface area contributed by atoms with Crippen LogP contribution in [0.15, 0.2) is 85.5 Å². The van der Waals surface area contributed by atoms with Gasteiger partial charge in [-0.25, -0.2) is 4.98 Å². The fourth-order valence-electron chi connectivity index (χ4n) is 4.29. The lowest BCUT2D eigenvalue weighted by atomic mass is 10.1. The van der Waals surface area contributed by atoms with Crippen molar-refractivity contribution in [3.8, 4) is 11.5 Å². The van der Waals surface area contributed by atoms with Crippen molar-refractivity contribution in [2.75, 3.05) is 19.8 Å². The van der Waals surface area contributed by atoms with Gasteiger partial charge in [0.05, 0.1) is 17.6 Å². The van der Waals surface area contributed by atoms with E-state index in [0.29, 0.717) is 23.9 Å². The van der Waals surface area contributed by atoms with Crippen molar-refractivity contribution >= 4 is 28.5 Å². The van der Waals surface area contributed by atoms with Crippen LogP contribution in [0.3, 0.4) is 0 Å². The Morgan fingerprint density at radius 1 is 0.974 bits per heavy atom. The number of benzene rings is 3. The van der Waals surface area contributed by atoms with E-state index in [1.807, 2.05) is 42.5 Å². The molecule has 198 valence electrons. The number of nitrogens with zero attached hydrogens (tertiary/aromatic N) is 2. The molecule has 0 aliphatic carbocycles. The Morgan fingerprint density at radius 2 is 1.76 bits per heavy atom. The van der Waals surface area contributed by atoms with Crippen molar-refractivity contribution in [2.45, 2.75) is 38.6 Å². The summed E-state index contributed by atoms with van der Waals surface area (Å²) in [5.74, 6) is 2.43. The molecule has 0 spiro atoms. The van der Waals surface area contributed by atoms with Crippen LogP contribution in [0, 0.1) is 0 Å². The number of aromatic nitrogens is 2. The van der Waals surface area contributed by atoms with Crippen molar-refractivity contribution in [1.82, 2.24) is 14.9 Å². The lowest BCUT2D eigenvalue weighted by Crippen LogP contribution is -2.30. The van der Waals surface area contributed by atoms with Gasteiger partial charge in [0, 0.05) is 24.5 Å². The molecule has 4 aromatic rings. The van der Waals surface area contributed by atoms with Crippen LogP contribution in [0.25, 0.3) is 11.0 Å². The molecule has 3 aromatic carbocycles. The first-order valence-electron chi connectivity index (χ1n) is 13.0. The minimum absolute atomic E-state index is 0.0275. The molecule has 0 unspecified atom stereocenters. The number of fused-ring (bicyclic) bond motifs is 1. The highest BCUT2D eigenvalue weighted by Gasteiger charge is 2.11. The molecule has 0 saturated heterocycles. The number of allylic oxidation sites excluding steroid dienone is 1. The van der Waals surface area contributed by atoms with E-state index in [1.54, 1.807) is 24.3 Å². The molecule has 38 heavy (non-hydrogen) atoms. The minimum atomic E-state index is -0.150. The maximum absolute atomic E-state index is 12.2. The quantitative estimate of drug-likeness (QED) is 0.142. The first kappa shape index (κ1) is 27.3. The molecule has 0 aliphatic rings. The van der Waals surface area contributed by atoms with E-state index >= 15 is 0 Å². The van der Waals surface area contributed by atoms with Crippen molar-refractivity contribution in [3.05, 3.63) is 102 Å². The van der Waals surface area contributed by atoms with Gasteiger partial charge in [-0.05, 0) is 73.7 Å². The van der Waals surface area contributed by atoms with Gasteiger partial charge in [0.15, 0.2) is 6.61 Å². The molecule has 0 fully saturated rings. The standard InChI is InChI=1S/C31H34ClN3O3/c1-2-10-24-11-3-6-14-29(24)37-22-8-7-21-35-28-13-5-4-12-27(28)34-30(35)15-9-20-33-31(36)23-38-26-18-16-25(32)17-19-26/h2-6,11-14,16-19H,1,7-10,15,20-23H2,(H,33,36). The summed E-state index contributed by atoms with van der Waals surface area (Å²) >= 11 is 5.88. The third-order valence-corrected chi connectivity index (χ3v) is 6.44. The Bertz CT molecular complexity index is 1330. The van der Waals surface area contributed by atoms with Gasteiger partial charge in [-0.2, -0.15) is 0 Å². The molecule has 6 nitrogen and oxygen atoms in total. The second-order valence-electron chi connectivity index (χ2n) is 9.02. The molecular weight excluding hydrogens is 498 g/mol. The maximum Gasteiger partial charge on any atom is 0.257 e. The summed E-state index contributed by atoms with van der Waals surface area (Å²) in [4.78, 5) is 17.0. The van der Waals surface area contributed by atoms with E-state index in [0.717, 1.165) is 66.8 Å². The lowest BCUT2D eigenvalue weighted by molar-refractivity contribution is -0.123. The molecule has 0 atom stereocenters. The number of imidazole rings is 1. The summed E-state index contributed by atoms with van der Waals surface area (Å²) in [6.07, 6.45) is 6.19. The van der Waals surface area contributed by atoms with Gasteiger partial charge in [-0.1, -0.05) is 48.0 Å². The highest BCUT2D eigenvalue weighted by molar-refractivity contribution is 6.30. The number of hydrogen-bond acceptors (Lipinski definition) is 4. The predicted molar refractivity (Wildman–Crippen MR) is 153 cm³/mol. The number of carbonyl (C=O) groups excluding carboxylic acids is 1. The van der Waals surface area contributed by atoms with Crippen LogP contribution in [0.4, 0.5) is 0 Å². The number of hydrogen-bond donors (Lipinski definition) is 1. The fourth-order valence-corrected chi connectivity index (χ4v) is 4.42. The summed E-state index contributed by atoms with van der Waals surface area (Å²) in [6.45, 7) is 5.90. The first-order valence-corrected chi connectivity index (χ1v) is 13.4. The fraction of sp³-hybridized carbons (Fsp3) is 0.290. The normalized spacial score (nSPS) is 10.9. The Hall–Kier alpha value is -3.77. The summed E-state index contributed by atoms with van der Waals surface area (Å²) in [6, 6.07) is 23.3. The van der Waals surface area contributed by atoms with Crippen LogP contribution in [0.5, 0.6) is 11.5 Å². The zero-order valence-electron chi connectivity index (χ0n) is 21.6. The van der Waals surface area contributed by atoms with Gasteiger partial charge in [0.1, 0.15) is 17.3 Å². The number of para-hydroxylation sites is 3. The zero-order valence-corrected chi connectivity index (χ0v) is 22.3. The van der Waals surface area contributed by atoms with Crippen LogP contribution in [0.1, 0.15) is 30.7 Å². The van der Waals surface area contributed by atoms with E-state index in [4.69, 9.17) is 26.1 Å². The number of amides is 1. The molecular formula is C31H34ClN3O3. The van der Waals surface area contributed by atoms with Crippen LogP contribution < -0.4 is 14.8 Å². The van der Waals surface area contributed by atoms with Crippen LogP contribution in [0.2, 0.25) is 5.02 Å². The van der Waals surface area contributed by atoms with Crippen LogP contribution in [-0.4, -0.2) is 35.2 Å². The van der Waals surface area contributed by atoms with Crippen LogP contribution in [-0.2, 0) is 24.2 Å². The third-order valence-electron chi connectivity index (χ3n) is 6.19. The summed E-state index contributed by atoms with van der Waals surface area (Å²) in [7, 11) is 0. The van der Waals surface area contributed by atoms with Gasteiger partial charge < -0.3 is 19.4 Å². The number of nitrogens with one attached hydrogen (secondary N) is 1. The maximum atomic E-state index is 12.2. The summed E-state index contributed by atoms with van der Waals surface area (Å²) in [5, 5.41) is 3.56. The number of rotatable bonds is 15.